The Morgan fingerprint density at radius 2 is 2.12 bits per heavy atom. The SMILES string of the molecule is CC(C)C1NC(C)N(CCOCC(F)F)C1=O. The first-order valence-corrected chi connectivity index (χ1v) is 5.86. The van der Waals surface area contributed by atoms with Crippen molar-refractivity contribution in [2.45, 2.75) is 39.4 Å². The Morgan fingerprint density at radius 3 is 2.59 bits per heavy atom. The number of halogens is 2. The van der Waals surface area contributed by atoms with E-state index in [1.165, 1.54) is 0 Å². The second kappa shape index (κ2) is 6.26. The summed E-state index contributed by atoms with van der Waals surface area (Å²) in [7, 11) is 0. The smallest absolute Gasteiger partial charge is 0.261 e. The van der Waals surface area contributed by atoms with Crippen LogP contribution in [0.4, 0.5) is 8.78 Å². The lowest BCUT2D eigenvalue weighted by Gasteiger charge is -2.20. The van der Waals surface area contributed by atoms with Gasteiger partial charge in [0.05, 0.1) is 18.8 Å². The number of hydrogen-bond donors (Lipinski definition) is 1. The van der Waals surface area contributed by atoms with Gasteiger partial charge in [-0.1, -0.05) is 13.8 Å². The molecule has 0 spiro atoms. The van der Waals surface area contributed by atoms with Crippen LogP contribution in [0.1, 0.15) is 20.8 Å². The van der Waals surface area contributed by atoms with Crippen molar-refractivity contribution in [1.29, 1.82) is 0 Å². The molecular weight excluding hydrogens is 230 g/mol. The van der Waals surface area contributed by atoms with Gasteiger partial charge in [0, 0.05) is 6.54 Å². The molecule has 2 unspecified atom stereocenters. The number of hydrogen-bond acceptors (Lipinski definition) is 3. The Bertz CT molecular complexity index is 262. The van der Waals surface area contributed by atoms with Crippen LogP contribution < -0.4 is 5.32 Å². The third-order valence-corrected chi connectivity index (χ3v) is 2.82. The van der Waals surface area contributed by atoms with Gasteiger partial charge in [-0.05, 0) is 12.8 Å². The molecule has 0 bridgehead atoms. The van der Waals surface area contributed by atoms with Gasteiger partial charge in [0.25, 0.3) is 6.43 Å². The van der Waals surface area contributed by atoms with Gasteiger partial charge in [0.1, 0.15) is 6.61 Å². The highest BCUT2D eigenvalue weighted by molar-refractivity contribution is 5.84. The zero-order chi connectivity index (χ0) is 13.0. The monoisotopic (exact) mass is 250 g/mol. The lowest BCUT2D eigenvalue weighted by molar-refractivity contribution is -0.131. The fraction of sp³-hybridized carbons (Fsp3) is 0.909. The number of nitrogens with one attached hydrogen (secondary N) is 1. The van der Waals surface area contributed by atoms with Gasteiger partial charge < -0.3 is 9.64 Å². The fourth-order valence-corrected chi connectivity index (χ4v) is 1.91. The molecule has 1 saturated heterocycles. The van der Waals surface area contributed by atoms with Crippen molar-refractivity contribution in [3.63, 3.8) is 0 Å². The normalized spacial score (nSPS) is 25.4. The van der Waals surface area contributed by atoms with Crippen molar-refractivity contribution in [3.05, 3.63) is 0 Å². The standard InChI is InChI=1S/C11H20F2N2O2/c1-7(2)10-11(16)15(8(3)14-10)4-5-17-6-9(12)13/h7-10,14H,4-6H2,1-3H3. The van der Waals surface area contributed by atoms with Gasteiger partial charge in [-0.25, -0.2) is 8.78 Å². The molecular formula is C11H20F2N2O2. The van der Waals surface area contributed by atoms with Crippen molar-refractivity contribution in [3.8, 4) is 0 Å². The Hall–Kier alpha value is -0.750. The molecule has 0 aromatic heterocycles. The minimum atomic E-state index is -2.46. The minimum Gasteiger partial charge on any atom is -0.374 e. The fourth-order valence-electron chi connectivity index (χ4n) is 1.91. The van der Waals surface area contributed by atoms with Crippen LogP contribution in [0.3, 0.4) is 0 Å². The minimum absolute atomic E-state index is 0.0214. The van der Waals surface area contributed by atoms with Crippen LogP contribution in [0.15, 0.2) is 0 Å². The molecule has 1 aliphatic heterocycles. The third-order valence-electron chi connectivity index (χ3n) is 2.82. The zero-order valence-electron chi connectivity index (χ0n) is 10.5. The number of amides is 1. The van der Waals surface area contributed by atoms with Crippen LogP contribution in [-0.2, 0) is 9.53 Å². The van der Waals surface area contributed by atoms with Gasteiger partial charge in [-0.2, -0.15) is 0 Å². The first-order chi connectivity index (χ1) is 7.93. The maximum Gasteiger partial charge on any atom is 0.261 e. The zero-order valence-corrected chi connectivity index (χ0v) is 10.5. The maximum absolute atomic E-state index is 11.9. The largest absolute Gasteiger partial charge is 0.374 e. The summed E-state index contributed by atoms with van der Waals surface area (Å²) in [6.45, 7) is 5.75. The van der Waals surface area contributed by atoms with Gasteiger partial charge >= 0.3 is 0 Å². The molecule has 1 rings (SSSR count). The van der Waals surface area contributed by atoms with Crippen molar-refractivity contribution in [2.24, 2.45) is 5.92 Å². The lowest BCUT2D eigenvalue weighted by atomic mass is 10.1. The van der Waals surface area contributed by atoms with Crippen molar-refractivity contribution in [2.75, 3.05) is 19.8 Å². The Labute approximate surface area is 100 Å². The van der Waals surface area contributed by atoms with E-state index in [1.54, 1.807) is 4.90 Å². The van der Waals surface area contributed by atoms with E-state index in [0.29, 0.717) is 6.54 Å². The Balaban J connectivity index is 2.36. The molecule has 4 nitrogen and oxygen atoms in total. The average molecular weight is 250 g/mol. The van der Waals surface area contributed by atoms with E-state index in [1.807, 2.05) is 20.8 Å². The van der Waals surface area contributed by atoms with Crippen LogP contribution in [0, 0.1) is 5.92 Å². The highest BCUT2D eigenvalue weighted by atomic mass is 19.3. The molecule has 0 aromatic carbocycles. The summed E-state index contributed by atoms with van der Waals surface area (Å²) in [5.41, 5.74) is 0. The first kappa shape index (κ1) is 14.3. The van der Waals surface area contributed by atoms with Crippen LogP contribution >= 0.6 is 0 Å². The molecule has 1 heterocycles. The molecule has 17 heavy (non-hydrogen) atoms. The molecule has 2 atom stereocenters. The topological polar surface area (TPSA) is 41.6 Å². The molecule has 1 amide bonds. The van der Waals surface area contributed by atoms with Crippen LogP contribution in [0.2, 0.25) is 0 Å². The number of ether oxygens (including phenoxy) is 1. The molecule has 1 aliphatic rings. The van der Waals surface area contributed by atoms with Crippen molar-refractivity contribution >= 4 is 5.91 Å². The van der Waals surface area contributed by atoms with E-state index in [4.69, 9.17) is 4.74 Å². The predicted octanol–water partition coefficient (Wildman–Crippen LogP) is 1.07. The Morgan fingerprint density at radius 1 is 1.47 bits per heavy atom. The number of carbonyl (C=O) groups is 1. The molecule has 6 heteroatoms. The number of rotatable bonds is 6. The van der Waals surface area contributed by atoms with E-state index in [-0.39, 0.29) is 30.6 Å². The summed E-state index contributed by atoms with van der Waals surface area (Å²) in [4.78, 5) is 13.6. The number of alkyl halides is 2. The van der Waals surface area contributed by atoms with Gasteiger partial charge in [-0.15, -0.1) is 0 Å². The molecule has 1 N–H and O–H groups in total. The summed E-state index contributed by atoms with van der Waals surface area (Å²) in [6.07, 6.45) is -2.52. The summed E-state index contributed by atoms with van der Waals surface area (Å²) in [5, 5.41) is 3.18. The van der Waals surface area contributed by atoms with Crippen molar-refractivity contribution in [1.82, 2.24) is 10.2 Å². The maximum atomic E-state index is 11.9. The van der Waals surface area contributed by atoms with Gasteiger partial charge in [0.2, 0.25) is 5.91 Å². The average Bonchev–Trinajstić information content (AvgIpc) is 2.50. The highest BCUT2D eigenvalue weighted by Crippen LogP contribution is 2.16. The molecule has 0 saturated carbocycles. The highest BCUT2D eigenvalue weighted by Gasteiger charge is 2.37. The second-order valence-corrected chi connectivity index (χ2v) is 4.56. The molecule has 100 valence electrons. The van der Waals surface area contributed by atoms with Gasteiger partial charge in [0.15, 0.2) is 0 Å². The van der Waals surface area contributed by atoms with Crippen LogP contribution in [0.5, 0.6) is 0 Å². The molecule has 0 aliphatic carbocycles. The third kappa shape index (κ3) is 3.89. The number of carbonyl (C=O) groups excluding carboxylic acids is 1. The second-order valence-electron chi connectivity index (χ2n) is 4.56. The molecule has 1 fully saturated rings. The number of nitrogens with zero attached hydrogens (tertiary/aromatic N) is 1. The summed E-state index contributed by atoms with van der Waals surface area (Å²) < 4.78 is 28.5. The predicted molar refractivity (Wildman–Crippen MR) is 59.8 cm³/mol. The van der Waals surface area contributed by atoms with E-state index in [2.05, 4.69) is 5.32 Å². The summed E-state index contributed by atoms with van der Waals surface area (Å²) in [5.74, 6) is 0.241. The lowest BCUT2D eigenvalue weighted by Crippen LogP contribution is -2.37. The van der Waals surface area contributed by atoms with E-state index >= 15 is 0 Å². The Kier molecular flexibility index (Phi) is 5.27. The molecule has 0 aromatic rings. The quantitative estimate of drug-likeness (QED) is 0.717. The first-order valence-electron chi connectivity index (χ1n) is 5.86. The van der Waals surface area contributed by atoms with Crippen LogP contribution in [0.25, 0.3) is 0 Å². The van der Waals surface area contributed by atoms with Gasteiger partial charge in [-0.3, -0.25) is 10.1 Å². The van der Waals surface area contributed by atoms with E-state index < -0.39 is 13.0 Å². The molecule has 0 radical (unpaired) electrons. The van der Waals surface area contributed by atoms with Crippen LogP contribution in [-0.4, -0.2) is 49.2 Å². The summed E-state index contributed by atoms with van der Waals surface area (Å²) >= 11 is 0. The van der Waals surface area contributed by atoms with E-state index in [0.717, 1.165) is 0 Å². The van der Waals surface area contributed by atoms with Crippen molar-refractivity contribution < 1.29 is 18.3 Å². The summed E-state index contributed by atoms with van der Waals surface area (Å²) in [6, 6.07) is -0.180. The van der Waals surface area contributed by atoms with E-state index in [9.17, 15) is 13.6 Å².